The summed E-state index contributed by atoms with van der Waals surface area (Å²) in [5, 5.41) is 3.01. The monoisotopic (exact) mass is 245 g/mol. The molecule has 0 aromatic heterocycles. The largest absolute Gasteiger partial charge is 0.350 e. The van der Waals surface area contributed by atoms with Gasteiger partial charge >= 0.3 is 0 Å². The Balaban J connectivity index is 2.46. The highest BCUT2D eigenvalue weighted by Crippen LogP contribution is 2.29. The number of hydrogen-bond donors (Lipinski definition) is 1. The predicted octanol–water partition coefficient (Wildman–Crippen LogP) is 3.33. The van der Waals surface area contributed by atoms with E-state index < -0.39 is 0 Å². The molecular formula is C13H24ClNO. The molecule has 0 aromatic rings. The fourth-order valence-electron chi connectivity index (χ4n) is 2.04. The normalized spacial score (nSPS) is 28.6. The van der Waals surface area contributed by atoms with Crippen LogP contribution in [0.25, 0.3) is 0 Å². The second-order valence-corrected chi connectivity index (χ2v) is 6.44. The lowest BCUT2D eigenvalue weighted by molar-refractivity contribution is -0.127. The lowest BCUT2D eigenvalue weighted by Gasteiger charge is -2.33. The second kappa shape index (κ2) is 5.39. The summed E-state index contributed by atoms with van der Waals surface area (Å²) >= 11 is 6.06. The Labute approximate surface area is 104 Å². The minimum atomic E-state index is -0.318. The van der Waals surface area contributed by atoms with E-state index >= 15 is 0 Å². The Morgan fingerprint density at radius 1 is 1.31 bits per heavy atom. The van der Waals surface area contributed by atoms with Crippen LogP contribution in [0, 0.1) is 11.8 Å². The van der Waals surface area contributed by atoms with Crippen LogP contribution in [0.2, 0.25) is 0 Å². The highest BCUT2D eigenvalue weighted by Gasteiger charge is 2.31. The van der Waals surface area contributed by atoms with Gasteiger partial charge in [-0.3, -0.25) is 4.79 Å². The Morgan fingerprint density at radius 2 is 1.81 bits per heavy atom. The summed E-state index contributed by atoms with van der Waals surface area (Å²) in [7, 11) is 0. The summed E-state index contributed by atoms with van der Waals surface area (Å²) in [4.78, 5) is 12.1. The minimum absolute atomic E-state index is 0.0565. The smallest absolute Gasteiger partial charge is 0.223 e. The quantitative estimate of drug-likeness (QED) is 0.760. The third-order valence-corrected chi connectivity index (χ3v) is 4.37. The van der Waals surface area contributed by atoms with E-state index in [0.29, 0.717) is 0 Å². The van der Waals surface area contributed by atoms with Gasteiger partial charge in [-0.15, -0.1) is 11.6 Å². The van der Waals surface area contributed by atoms with Gasteiger partial charge in [-0.05, 0) is 52.4 Å². The highest BCUT2D eigenvalue weighted by molar-refractivity contribution is 6.21. The maximum Gasteiger partial charge on any atom is 0.223 e. The molecule has 3 heteroatoms. The van der Waals surface area contributed by atoms with Gasteiger partial charge in [0.05, 0.1) is 10.9 Å². The van der Waals surface area contributed by atoms with Crippen molar-refractivity contribution in [1.82, 2.24) is 5.32 Å². The molecule has 1 amide bonds. The number of alkyl halides is 1. The van der Waals surface area contributed by atoms with Crippen LogP contribution in [-0.4, -0.2) is 16.8 Å². The second-order valence-electron chi connectivity index (χ2n) is 5.78. The summed E-state index contributed by atoms with van der Waals surface area (Å²) < 4.78 is 0. The zero-order valence-electron chi connectivity index (χ0n) is 10.8. The summed E-state index contributed by atoms with van der Waals surface area (Å²) in [6, 6.07) is 0. The number of nitrogens with one attached hydrogen (secondary N) is 1. The van der Waals surface area contributed by atoms with Crippen LogP contribution in [0.1, 0.15) is 53.4 Å². The maximum absolute atomic E-state index is 12.1. The Hall–Kier alpha value is -0.240. The molecule has 0 bridgehead atoms. The average molecular weight is 246 g/mol. The number of carbonyl (C=O) groups excluding carboxylic acids is 1. The number of rotatable bonds is 3. The van der Waals surface area contributed by atoms with E-state index in [-0.39, 0.29) is 22.7 Å². The van der Waals surface area contributed by atoms with E-state index in [1.807, 2.05) is 20.8 Å². The van der Waals surface area contributed by atoms with Gasteiger partial charge in [0.1, 0.15) is 0 Å². The fraction of sp³-hybridized carbons (Fsp3) is 0.923. The lowest BCUT2D eigenvalue weighted by atomic mass is 9.82. The number of hydrogen-bond acceptors (Lipinski definition) is 1. The van der Waals surface area contributed by atoms with Gasteiger partial charge in [0.15, 0.2) is 0 Å². The van der Waals surface area contributed by atoms with Crippen molar-refractivity contribution in [3.8, 4) is 0 Å². The third-order valence-electron chi connectivity index (χ3n) is 3.83. The van der Waals surface area contributed by atoms with E-state index in [1.54, 1.807) is 0 Å². The molecule has 0 saturated heterocycles. The summed E-state index contributed by atoms with van der Waals surface area (Å²) in [6.45, 7) is 8.14. The van der Waals surface area contributed by atoms with Crippen molar-refractivity contribution in [3.63, 3.8) is 0 Å². The van der Waals surface area contributed by atoms with E-state index in [4.69, 9.17) is 11.6 Å². The molecule has 1 fully saturated rings. The van der Waals surface area contributed by atoms with Crippen LogP contribution in [0.4, 0.5) is 0 Å². The number of amides is 1. The molecule has 1 atom stereocenters. The van der Waals surface area contributed by atoms with Gasteiger partial charge in [-0.2, -0.15) is 0 Å². The maximum atomic E-state index is 12.1. The standard InChI is InChI=1S/C13H24ClNO/c1-9-5-7-11(8-6-9)12(16)15-13(3,4)10(2)14/h9-11H,5-8H2,1-4H3,(H,15,16). The van der Waals surface area contributed by atoms with Gasteiger partial charge in [-0.1, -0.05) is 6.92 Å². The molecule has 2 nitrogen and oxygen atoms in total. The topological polar surface area (TPSA) is 29.1 Å². The van der Waals surface area contributed by atoms with E-state index in [2.05, 4.69) is 12.2 Å². The number of halogens is 1. The van der Waals surface area contributed by atoms with Crippen LogP contribution in [0.3, 0.4) is 0 Å². The molecule has 0 aromatic carbocycles. The molecule has 16 heavy (non-hydrogen) atoms. The first-order chi connectivity index (χ1) is 7.33. The highest BCUT2D eigenvalue weighted by atomic mass is 35.5. The zero-order valence-corrected chi connectivity index (χ0v) is 11.6. The minimum Gasteiger partial charge on any atom is -0.350 e. The first-order valence-corrected chi connectivity index (χ1v) is 6.72. The predicted molar refractivity (Wildman–Crippen MR) is 68.7 cm³/mol. The molecular weight excluding hydrogens is 222 g/mol. The van der Waals surface area contributed by atoms with Crippen molar-refractivity contribution >= 4 is 17.5 Å². The summed E-state index contributed by atoms with van der Waals surface area (Å²) in [5.74, 6) is 1.17. The van der Waals surface area contributed by atoms with Gasteiger partial charge < -0.3 is 5.32 Å². The van der Waals surface area contributed by atoms with Crippen molar-refractivity contribution in [3.05, 3.63) is 0 Å². The van der Waals surface area contributed by atoms with Crippen LogP contribution in [0.5, 0.6) is 0 Å². The van der Waals surface area contributed by atoms with Crippen LogP contribution in [-0.2, 0) is 4.79 Å². The fourth-order valence-corrected chi connectivity index (χ4v) is 2.10. The van der Waals surface area contributed by atoms with Crippen LogP contribution in [0.15, 0.2) is 0 Å². The Bertz CT molecular complexity index is 242. The SMILES string of the molecule is CC1CCC(C(=O)NC(C)(C)C(C)Cl)CC1. The van der Waals surface area contributed by atoms with Gasteiger partial charge in [0.2, 0.25) is 5.91 Å². The van der Waals surface area contributed by atoms with E-state index in [0.717, 1.165) is 18.8 Å². The average Bonchev–Trinajstić information content (AvgIpc) is 2.17. The molecule has 1 saturated carbocycles. The van der Waals surface area contributed by atoms with Crippen molar-refractivity contribution in [2.24, 2.45) is 11.8 Å². The van der Waals surface area contributed by atoms with Crippen molar-refractivity contribution < 1.29 is 4.79 Å². The molecule has 1 unspecified atom stereocenters. The summed E-state index contributed by atoms with van der Waals surface area (Å²) in [5.41, 5.74) is -0.318. The van der Waals surface area contributed by atoms with Crippen LogP contribution < -0.4 is 5.32 Å². The molecule has 0 aliphatic heterocycles. The lowest BCUT2D eigenvalue weighted by Crippen LogP contribution is -2.51. The van der Waals surface area contributed by atoms with Gasteiger partial charge in [0.25, 0.3) is 0 Å². The first kappa shape index (κ1) is 13.8. The molecule has 1 N–H and O–H groups in total. The van der Waals surface area contributed by atoms with E-state index in [9.17, 15) is 4.79 Å². The molecule has 0 heterocycles. The number of carbonyl (C=O) groups is 1. The first-order valence-electron chi connectivity index (χ1n) is 6.29. The molecule has 1 aliphatic rings. The van der Waals surface area contributed by atoms with Gasteiger partial charge in [-0.25, -0.2) is 0 Å². The molecule has 1 aliphatic carbocycles. The molecule has 0 spiro atoms. The van der Waals surface area contributed by atoms with Crippen LogP contribution >= 0.6 is 11.6 Å². The van der Waals surface area contributed by atoms with Crippen molar-refractivity contribution in [1.29, 1.82) is 0 Å². The molecule has 0 radical (unpaired) electrons. The van der Waals surface area contributed by atoms with Gasteiger partial charge in [0, 0.05) is 5.92 Å². The van der Waals surface area contributed by atoms with Crippen molar-refractivity contribution in [2.75, 3.05) is 0 Å². The summed E-state index contributed by atoms with van der Waals surface area (Å²) in [6.07, 6.45) is 4.41. The van der Waals surface area contributed by atoms with E-state index in [1.165, 1.54) is 12.8 Å². The Morgan fingerprint density at radius 3 is 2.25 bits per heavy atom. The molecule has 94 valence electrons. The zero-order chi connectivity index (χ0) is 12.3. The third kappa shape index (κ3) is 3.65. The molecule has 1 rings (SSSR count). The Kier molecular flexibility index (Phi) is 4.66. The van der Waals surface area contributed by atoms with Crippen molar-refractivity contribution in [2.45, 2.75) is 64.3 Å².